The van der Waals surface area contributed by atoms with Crippen LogP contribution in [0.4, 0.5) is 0 Å². The summed E-state index contributed by atoms with van der Waals surface area (Å²) >= 11 is 0. The van der Waals surface area contributed by atoms with Crippen molar-refractivity contribution in [3.63, 3.8) is 0 Å². The standard InChI is InChI=1S/C8H17NO.C5H12O.C2H6/c1-4-9-8(10)6-5-7(2)3;1-5(2)3-4-6;1-2/h7H,4-6H2,1-3H3,(H,9,10);5-6H,3-4H2,1-2H3;1-2H3. The molecule has 0 aliphatic heterocycles. The summed E-state index contributed by atoms with van der Waals surface area (Å²) in [5, 5.41) is 11.0. The molecule has 0 spiro atoms. The predicted molar refractivity (Wildman–Crippen MR) is 80.6 cm³/mol. The zero-order chi connectivity index (χ0) is 15.0. The van der Waals surface area contributed by atoms with Crippen LogP contribution in [0, 0.1) is 11.8 Å². The molecule has 0 bridgehead atoms. The van der Waals surface area contributed by atoms with Crippen LogP contribution in [0.15, 0.2) is 0 Å². The highest BCUT2D eigenvalue weighted by molar-refractivity contribution is 5.75. The maximum Gasteiger partial charge on any atom is 0.219 e. The fraction of sp³-hybridized carbons (Fsp3) is 0.933. The molecule has 1 amide bonds. The van der Waals surface area contributed by atoms with Crippen LogP contribution in [-0.4, -0.2) is 24.2 Å². The Labute approximate surface area is 114 Å². The van der Waals surface area contributed by atoms with E-state index >= 15 is 0 Å². The van der Waals surface area contributed by atoms with Crippen molar-refractivity contribution in [3.8, 4) is 0 Å². The predicted octanol–water partition coefficient (Wildman–Crippen LogP) is 3.61. The van der Waals surface area contributed by atoms with Crippen LogP contribution in [0.1, 0.15) is 67.7 Å². The zero-order valence-corrected chi connectivity index (χ0v) is 13.5. The summed E-state index contributed by atoms with van der Waals surface area (Å²) in [6.45, 7) is 15.5. The van der Waals surface area contributed by atoms with E-state index in [1.807, 2.05) is 20.8 Å². The molecular formula is C15H35NO2. The molecule has 0 heterocycles. The highest BCUT2D eigenvalue weighted by atomic mass is 16.3. The minimum absolute atomic E-state index is 0.177. The first kappa shape index (κ1) is 22.6. The van der Waals surface area contributed by atoms with Crippen molar-refractivity contribution >= 4 is 5.91 Å². The molecule has 3 heteroatoms. The Kier molecular flexibility index (Phi) is 23.6. The third kappa shape index (κ3) is 29.5. The Hall–Kier alpha value is -0.570. The summed E-state index contributed by atoms with van der Waals surface area (Å²) < 4.78 is 0. The van der Waals surface area contributed by atoms with Crippen molar-refractivity contribution in [3.05, 3.63) is 0 Å². The van der Waals surface area contributed by atoms with E-state index in [-0.39, 0.29) is 5.91 Å². The van der Waals surface area contributed by atoms with Gasteiger partial charge in [-0.2, -0.15) is 0 Å². The molecule has 0 rings (SSSR count). The van der Waals surface area contributed by atoms with E-state index in [0.717, 1.165) is 19.4 Å². The van der Waals surface area contributed by atoms with Gasteiger partial charge in [-0.3, -0.25) is 4.79 Å². The van der Waals surface area contributed by atoms with Gasteiger partial charge >= 0.3 is 0 Å². The van der Waals surface area contributed by atoms with Gasteiger partial charge in [-0.15, -0.1) is 0 Å². The summed E-state index contributed by atoms with van der Waals surface area (Å²) in [5.74, 6) is 1.45. The molecule has 112 valence electrons. The van der Waals surface area contributed by atoms with Crippen LogP contribution in [0.5, 0.6) is 0 Å². The van der Waals surface area contributed by atoms with Crippen LogP contribution in [-0.2, 0) is 4.79 Å². The molecule has 0 aromatic carbocycles. The van der Waals surface area contributed by atoms with Crippen molar-refractivity contribution in [2.45, 2.75) is 67.7 Å². The number of hydrogen-bond donors (Lipinski definition) is 2. The number of amides is 1. The van der Waals surface area contributed by atoms with Crippen molar-refractivity contribution in [1.82, 2.24) is 5.32 Å². The highest BCUT2D eigenvalue weighted by Crippen LogP contribution is 2.02. The van der Waals surface area contributed by atoms with Crippen LogP contribution < -0.4 is 5.32 Å². The van der Waals surface area contributed by atoms with E-state index in [1.54, 1.807) is 0 Å². The molecule has 0 aliphatic rings. The lowest BCUT2D eigenvalue weighted by Gasteiger charge is -2.03. The summed E-state index contributed by atoms with van der Waals surface area (Å²) in [4.78, 5) is 10.8. The van der Waals surface area contributed by atoms with E-state index in [2.05, 4.69) is 33.0 Å². The smallest absolute Gasteiger partial charge is 0.219 e. The summed E-state index contributed by atoms with van der Waals surface area (Å²) in [6, 6.07) is 0. The number of aliphatic hydroxyl groups excluding tert-OH is 1. The maximum absolute atomic E-state index is 10.8. The lowest BCUT2D eigenvalue weighted by molar-refractivity contribution is -0.121. The molecule has 0 saturated heterocycles. The van der Waals surface area contributed by atoms with Crippen LogP contribution in [0.3, 0.4) is 0 Å². The average molecular weight is 261 g/mol. The first-order chi connectivity index (χ1) is 8.43. The van der Waals surface area contributed by atoms with E-state index < -0.39 is 0 Å². The molecule has 0 atom stereocenters. The fourth-order valence-corrected chi connectivity index (χ4v) is 0.964. The van der Waals surface area contributed by atoms with Gasteiger partial charge in [-0.25, -0.2) is 0 Å². The molecule has 3 nitrogen and oxygen atoms in total. The minimum atomic E-state index is 0.177. The SMILES string of the molecule is CC.CC(C)CCO.CCNC(=O)CCC(C)C. The van der Waals surface area contributed by atoms with Crippen molar-refractivity contribution in [2.24, 2.45) is 11.8 Å². The van der Waals surface area contributed by atoms with Crippen molar-refractivity contribution < 1.29 is 9.90 Å². The van der Waals surface area contributed by atoms with E-state index in [1.165, 1.54) is 0 Å². The number of aliphatic hydroxyl groups is 1. The molecule has 0 unspecified atom stereocenters. The second-order valence-corrected chi connectivity index (χ2v) is 4.79. The summed E-state index contributed by atoms with van der Waals surface area (Å²) in [5.41, 5.74) is 0. The average Bonchev–Trinajstić information content (AvgIpc) is 2.30. The van der Waals surface area contributed by atoms with Crippen LogP contribution >= 0.6 is 0 Å². The quantitative estimate of drug-likeness (QED) is 0.767. The molecule has 0 aliphatic carbocycles. The molecular weight excluding hydrogens is 226 g/mol. The van der Waals surface area contributed by atoms with Gasteiger partial charge in [-0.05, 0) is 31.6 Å². The number of hydrogen-bond acceptors (Lipinski definition) is 2. The zero-order valence-electron chi connectivity index (χ0n) is 13.5. The maximum atomic E-state index is 10.8. The van der Waals surface area contributed by atoms with Gasteiger partial charge in [0.15, 0.2) is 0 Å². The first-order valence-electron chi connectivity index (χ1n) is 7.31. The van der Waals surface area contributed by atoms with E-state index in [4.69, 9.17) is 5.11 Å². The summed E-state index contributed by atoms with van der Waals surface area (Å²) in [6.07, 6.45) is 2.59. The third-order valence-corrected chi connectivity index (χ3v) is 2.03. The highest BCUT2D eigenvalue weighted by Gasteiger charge is 2.00. The van der Waals surface area contributed by atoms with Crippen molar-refractivity contribution in [2.75, 3.05) is 13.2 Å². The lowest BCUT2D eigenvalue weighted by Crippen LogP contribution is -2.22. The second-order valence-electron chi connectivity index (χ2n) is 4.79. The Morgan fingerprint density at radius 2 is 1.50 bits per heavy atom. The second kappa shape index (κ2) is 18.8. The van der Waals surface area contributed by atoms with Crippen LogP contribution in [0.2, 0.25) is 0 Å². The van der Waals surface area contributed by atoms with Gasteiger partial charge in [0.25, 0.3) is 0 Å². The van der Waals surface area contributed by atoms with Gasteiger partial charge < -0.3 is 10.4 Å². The molecule has 0 aromatic rings. The Morgan fingerprint density at radius 1 is 1.06 bits per heavy atom. The van der Waals surface area contributed by atoms with Crippen molar-refractivity contribution in [1.29, 1.82) is 0 Å². The first-order valence-corrected chi connectivity index (χ1v) is 7.31. The molecule has 0 saturated carbocycles. The largest absolute Gasteiger partial charge is 0.396 e. The van der Waals surface area contributed by atoms with Gasteiger partial charge in [0.1, 0.15) is 0 Å². The fourth-order valence-electron chi connectivity index (χ4n) is 0.964. The summed E-state index contributed by atoms with van der Waals surface area (Å²) in [7, 11) is 0. The van der Waals surface area contributed by atoms with E-state index in [9.17, 15) is 4.79 Å². The van der Waals surface area contributed by atoms with Gasteiger partial charge in [0.2, 0.25) is 5.91 Å². The molecule has 18 heavy (non-hydrogen) atoms. The van der Waals surface area contributed by atoms with Gasteiger partial charge in [0, 0.05) is 19.6 Å². The topological polar surface area (TPSA) is 49.3 Å². The Balaban J connectivity index is -0.000000241. The van der Waals surface area contributed by atoms with E-state index in [0.29, 0.717) is 24.9 Å². The Bertz CT molecular complexity index is 157. The molecule has 0 aromatic heterocycles. The third-order valence-electron chi connectivity index (χ3n) is 2.03. The molecule has 2 N–H and O–H groups in total. The minimum Gasteiger partial charge on any atom is -0.396 e. The number of carbonyl (C=O) groups excluding carboxylic acids is 1. The number of rotatable bonds is 6. The Morgan fingerprint density at radius 3 is 1.72 bits per heavy atom. The molecule has 0 radical (unpaired) electrons. The van der Waals surface area contributed by atoms with Gasteiger partial charge in [-0.1, -0.05) is 41.5 Å². The lowest BCUT2D eigenvalue weighted by atomic mass is 10.1. The number of nitrogens with one attached hydrogen (secondary N) is 1. The molecule has 0 fully saturated rings. The monoisotopic (exact) mass is 261 g/mol. The normalized spacial score (nSPS) is 9.22. The number of carbonyl (C=O) groups is 1. The van der Waals surface area contributed by atoms with Crippen LogP contribution in [0.25, 0.3) is 0 Å². The van der Waals surface area contributed by atoms with Gasteiger partial charge in [0.05, 0.1) is 0 Å².